The molecule has 0 spiro atoms. The average molecular weight is 250 g/mol. The molecule has 92 valence electrons. The number of aromatic nitrogens is 3. The van der Waals surface area contributed by atoms with Crippen LogP contribution >= 0.6 is 11.3 Å². The van der Waals surface area contributed by atoms with Crippen LogP contribution in [0.15, 0.2) is 12.4 Å². The van der Waals surface area contributed by atoms with Crippen LogP contribution in [0.2, 0.25) is 0 Å². The Hall–Kier alpha value is -1.36. The van der Waals surface area contributed by atoms with E-state index in [1.807, 2.05) is 24.1 Å². The first-order valence-electron chi connectivity index (χ1n) is 5.75. The van der Waals surface area contributed by atoms with Crippen molar-refractivity contribution in [2.75, 3.05) is 5.32 Å². The number of nitrogens with one attached hydrogen (secondary N) is 1. The van der Waals surface area contributed by atoms with Gasteiger partial charge in [-0.2, -0.15) is 5.10 Å². The van der Waals surface area contributed by atoms with Gasteiger partial charge in [0.2, 0.25) is 0 Å². The molecule has 4 nitrogen and oxygen atoms in total. The third-order valence-electron chi connectivity index (χ3n) is 2.86. The zero-order valence-electron chi connectivity index (χ0n) is 10.7. The van der Waals surface area contributed by atoms with E-state index in [9.17, 15) is 0 Å². The number of hydrogen-bond acceptors (Lipinski definition) is 4. The summed E-state index contributed by atoms with van der Waals surface area (Å²) in [4.78, 5) is 5.68. The minimum absolute atomic E-state index is 0.545. The first kappa shape index (κ1) is 12.1. The predicted molar refractivity (Wildman–Crippen MR) is 71.5 cm³/mol. The summed E-state index contributed by atoms with van der Waals surface area (Å²) in [5, 5.41) is 8.55. The number of nitrogens with zero attached hydrogens (tertiary/aromatic N) is 3. The van der Waals surface area contributed by atoms with Crippen molar-refractivity contribution in [3.63, 3.8) is 0 Å². The Morgan fingerprint density at radius 1 is 1.41 bits per heavy atom. The topological polar surface area (TPSA) is 42.7 Å². The van der Waals surface area contributed by atoms with Crippen LogP contribution < -0.4 is 5.32 Å². The Morgan fingerprint density at radius 2 is 2.18 bits per heavy atom. The molecular weight excluding hydrogens is 232 g/mol. The molecule has 5 heteroatoms. The molecule has 0 fully saturated rings. The van der Waals surface area contributed by atoms with E-state index in [1.165, 1.54) is 16.1 Å². The maximum Gasteiger partial charge on any atom is 0.183 e. The van der Waals surface area contributed by atoms with Crippen molar-refractivity contribution >= 4 is 16.5 Å². The van der Waals surface area contributed by atoms with Crippen LogP contribution in [0, 0.1) is 6.92 Å². The van der Waals surface area contributed by atoms with Crippen LogP contribution in [0.3, 0.4) is 0 Å². The smallest absolute Gasteiger partial charge is 0.183 e. The highest BCUT2D eigenvalue weighted by Gasteiger charge is 2.07. The van der Waals surface area contributed by atoms with Gasteiger partial charge < -0.3 is 5.32 Å². The highest BCUT2D eigenvalue weighted by atomic mass is 32.1. The first-order valence-corrected chi connectivity index (χ1v) is 6.56. The molecule has 0 aliphatic heterocycles. The van der Waals surface area contributed by atoms with Crippen molar-refractivity contribution in [2.24, 2.45) is 7.05 Å². The molecule has 2 rings (SSSR count). The SMILES string of the molecule is Cc1c(CNc2ncc(C(C)C)s2)cnn1C. The molecule has 0 bridgehead atoms. The molecule has 0 aromatic carbocycles. The second-order valence-corrected chi connectivity index (χ2v) is 5.52. The number of rotatable bonds is 4. The summed E-state index contributed by atoms with van der Waals surface area (Å²) in [5.74, 6) is 0.545. The van der Waals surface area contributed by atoms with Crippen LogP contribution in [0.1, 0.15) is 35.9 Å². The van der Waals surface area contributed by atoms with Crippen molar-refractivity contribution in [2.45, 2.75) is 33.2 Å². The van der Waals surface area contributed by atoms with E-state index in [0.717, 1.165) is 11.7 Å². The molecule has 17 heavy (non-hydrogen) atoms. The predicted octanol–water partition coefficient (Wildman–Crippen LogP) is 2.92. The van der Waals surface area contributed by atoms with Gasteiger partial charge in [0.1, 0.15) is 0 Å². The molecule has 0 radical (unpaired) electrons. The van der Waals surface area contributed by atoms with E-state index in [0.29, 0.717) is 5.92 Å². The zero-order valence-corrected chi connectivity index (χ0v) is 11.5. The third-order valence-corrected chi connectivity index (χ3v) is 4.12. The van der Waals surface area contributed by atoms with Crippen molar-refractivity contribution in [3.05, 3.63) is 28.5 Å². The number of hydrogen-bond donors (Lipinski definition) is 1. The molecule has 2 aromatic rings. The van der Waals surface area contributed by atoms with Crippen LogP contribution in [0.25, 0.3) is 0 Å². The Morgan fingerprint density at radius 3 is 2.71 bits per heavy atom. The molecule has 0 saturated carbocycles. The summed E-state index contributed by atoms with van der Waals surface area (Å²) >= 11 is 1.72. The van der Waals surface area contributed by atoms with Crippen molar-refractivity contribution in [1.82, 2.24) is 14.8 Å². The third kappa shape index (κ3) is 2.66. The highest BCUT2D eigenvalue weighted by molar-refractivity contribution is 7.15. The van der Waals surface area contributed by atoms with E-state index in [2.05, 4.69) is 36.2 Å². The fourth-order valence-electron chi connectivity index (χ4n) is 1.52. The van der Waals surface area contributed by atoms with Gasteiger partial charge in [0.25, 0.3) is 0 Å². The maximum absolute atomic E-state index is 4.37. The molecule has 0 amide bonds. The lowest BCUT2D eigenvalue weighted by molar-refractivity contribution is 0.738. The van der Waals surface area contributed by atoms with Gasteiger partial charge in [-0.1, -0.05) is 13.8 Å². The number of thiazole rings is 1. The van der Waals surface area contributed by atoms with E-state index in [-0.39, 0.29) is 0 Å². The zero-order chi connectivity index (χ0) is 12.4. The lowest BCUT2D eigenvalue weighted by Crippen LogP contribution is -2.00. The second kappa shape index (κ2) is 4.87. The number of anilines is 1. The number of aryl methyl sites for hydroxylation is 1. The Kier molecular flexibility index (Phi) is 3.47. The van der Waals surface area contributed by atoms with Gasteiger partial charge in [0.05, 0.1) is 6.20 Å². The summed E-state index contributed by atoms with van der Waals surface area (Å²) < 4.78 is 1.89. The van der Waals surface area contributed by atoms with Gasteiger partial charge in [0, 0.05) is 35.9 Å². The van der Waals surface area contributed by atoms with Gasteiger partial charge in [-0.05, 0) is 12.8 Å². The maximum atomic E-state index is 4.37. The Bertz CT molecular complexity index is 498. The Labute approximate surface area is 106 Å². The van der Waals surface area contributed by atoms with Gasteiger partial charge in [0.15, 0.2) is 5.13 Å². The summed E-state index contributed by atoms with van der Waals surface area (Å²) in [5.41, 5.74) is 2.41. The summed E-state index contributed by atoms with van der Waals surface area (Å²) in [7, 11) is 1.96. The van der Waals surface area contributed by atoms with E-state index >= 15 is 0 Å². The monoisotopic (exact) mass is 250 g/mol. The second-order valence-electron chi connectivity index (χ2n) is 4.45. The lowest BCUT2D eigenvalue weighted by Gasteiger charge is -2.02. The molecule has 0 atom stereocenters. The summed E-state index contributed by atoms with van der Waals surface area (Å²) in [6.45, 7) is 7.22. The van der Waals surface area contributed by atoms with Crippen molar-refractivity contribution in [3.8, 4) is 0 Å². The van der Waals surface area contributed by atoms with Crippen LogP contribution in [-0.4, -0.2) is 14.8 Å². The highest BCUT2D eigenvalue weighted by Crippen LogP contribution is 2.25. The minimum atomic E-state index is 0.545. The molecule has 2 aromatic heterocycles. The molecule has 0 saturated heterocycles. The molecular formula is C12H18N4S. The summed E-state index contributed by atoms with van der Waals surface area (Å²) in [6, 6.07) is 0. The summed E-state index contributed by atoms with van der Waals surface area (Å²) in [6.07, 6.45) is 3.85. The molecule has 0 unspecified atom stereocenters. The Balaban J connectivity index is 2.00. The van der Waals surface area contributed by atoms with Gasteiger partial charge in [-0.25, -0.2) is 4.98 Å². The van der Waals surface area contributed by atoms with E-state index in [1.54, 1.807) is 11.3 Å². The molecule has 0 aliphatic carbocycles. The van der Waals surface area contributed by atoms with E-state index in [4.69, 9.17) is 0 Å². The van der Waals surface area contributed by atoms with Gasteiger partial charge >= 0.3 is 0 Å². The fourth-order valence-corrected chi connectivity index (χ4v) is 2.34. The minimum Gasteiger partial charge on any atom is -0.357 e. The van der Waals surface area contributed by atoms with Gasteiger partial charge in [-0.15, -0.1) is 11.3 Å². The first-order chi connectivity index (χ1) is 8.08. The normalized spacial score (nSPS) is 11.1. The quantitative estimate of drug-likeness (QED) is 0.907. The molecule has 1 N–H and O–H groups in total. The molecule has 0 aliphatic rings. The standard InChI is InChI=1S/C12H18N4S/c1-8(2)11-7-14-12(17-11)13-5-10-6-15-16(4)9(10)3/h6-8H,5H2,1-4H3,(H,13,14). The average Bonchev–Trinajstić information content (AvgIpc) is 2.86. The van der Waals surface area contributed by atoms with Crippen LogP contribution in [-0.2, 0) is 13.6 Å². The molecule has 2 heterocycles. The van der Waals surface area contributed by atoms with Crippen LogP contribution in [0.5, 0.6) is 0 Å². The van der Waals surface area contributed by atoms with Crippen molar-refractivity contribution < 1.29 is 0 Å². The van der Waals surface area contributed by atoms with Crippen molar-refractivity contribution in [1.29, 1.82) is 0 Å². The van der Waals surface area contributed by atoms with Crippen LogP contribution in [0.4, 0.5) is 5.13 Å². The van der Waals surface area contributed by atoms with Gasteiger partial charge in [-0.3, -0.25) is 4.68 Å². The van der Waals surface area contributed by atoms with E-state index < -0.39 is 0 Å². The lowest BCUT2D eigenvalue weighted by atomic mass is 10.2. The fraction of sp³-hybridized carbons (Fsp3) is 0.500. The largest absolute Gasteiger partial charge is 0.357 e.